The summed E-state index contributed by atoms with van der Waals surface area (Å²) in [5.74, 6) is -0.177. The van der Waals surface area contributed by atoms with Crippen LogP contribution in [0.2, 0.25) is 0 Å². The Morgan fingerprint density at radius 1 is 1.09 bits per heavy atom. The molecule has 0 radical (unpaired) electrons. The van der Waals surface area contributed by atoms with E-state index in [2.05, 4.69) is 25.5 Å². The molecule has 2 aliphatic rings. The maximum Gasteiger partial charge on any atom is 0.273 e. The van der Waals surface area contributed by atoms with E-state index in [1.165, 1.54) is 0 Å². The van der Waals surface area contributed by atoms with Gasteiger partial charge in [-0.25, -0.2) is 4.68 Å². The second-order valence-electron chi connectivity index (χ2n) is 8.66. The van der Waals surface area contributed by atoms with Crippen LogP contribution in [0.5, 0.6) is 0 Å². The second kappa shape index (κ2) is 9.11. The lowest BCUT2D eigenvalue weighted by Crippen LogP contribution is -2.57. The number of hydrogen-bond donors (Lipinski definition) is 1. The van der Waals surface area contributed by atoms with Crippen LogP contribution in [0.15, 0.2) is 54.9 Å². The summed E-state index contributed by atoms with van der Waals surface area (Å²) in [5.41, 5.74) is 2.80. The SMILES string of the molecule is Cc1c(C(=O)NCC2CN(C(=O)c3ccccc3)C3CCN2C3)nnn1Cc1ccncc1. The minimum atomic E-state index is -0.240. The van der Waals surface area contributed by atoms with E-state index in [1.807, 2.05) is 54.3 Å². The van der Waals surface area contributed by atoms with Crippen LogP contribution in [0.3, 0.4) is 0 Å². The number of rotatable bonds is 6. The highest BCUT2D eigenvalue weighted by Gasteiger charge is 2.41. The van der Waals surface area contributed by atoms with Gasteiger partial charge in [-0.15, -0.1) is 5.10 Å². The molecule has 2 bridgehead atoms. The Kier molecular flexibility index (Phi) is 5.87. The van der Waals surface area contributed by atoms with Crippen molar-refractivity contribution in [1.29, 1.82) is 0 Å². The molecule has 0 aliphatic carbocycles. The average molecular weight is 446 g/mol. The zero-order valence-electron chi connectivity index (χ0n) is 18.6. The zero-order valence-corrected chi connectivity index (χ0v) is 18.6. The van der Waals surface area contributed by atoms with Crippen LogP contribution < -0.4 is 5.32 Å². The van der Waals surface area contributed by atoms with Gasteiger partial charge in [-0.05, 0) is 43.2 Å². The number of piperazine rings is 1. The zero-order chi connectivity index (χ0) is 22.8. The number of benzene rings is 1. The highest BCUT2D eigenvalue weighted by atomic mass is 16.2. The number of hydrogen-bond acceptors (Lipinski definition) is 6. The fraction of sp³-hybridized carbons (Fsp3) is 0.375. The standard InChI is InChI=1S/C24H27N7O2/c1-17-22(27-28-31(17)14-18-7-10-25-11-8-18)23(32)26-13-21-16-30(20-9-12-29(21)15-20)24(33)19-5-3-2-4-6-19/h2-8,10-11,20-21H,9,12-16H2,1H3,(H,26,32). The van der Waals surface area contributed by atoms with Crippen molar-refractivity contribution < 1.29 is 9.59 Å². The van der Waals surface area contributed by atoms with Gasteiger partial charge in [0.2, 0.25) is 0 Å². The Bertz CT molecular complexity index is 1130. The Morgan fingerprint density at radius 3 is 2.67 bits per heavy atom. The predicted molar refractivity (Wildman–Crippen MR) is 122 cm³/mol. The number of amides is 2. The fourth-order valence-corrected chi connectivity index (χ4v) is 4.71. The highest BCUT2D eigenvalue weighted by Crippen LogP contribution is 2.26. The van der Waals surface area contributed by atoms with E-state index in [9.17, 15) is 9.59 Å². The molecule has 2 aromatic heterocycles. The molecule has 9 heteroatoms. The van der Waals surface area contributed by atoms with Gasteiger partial charge in [0.25, 0.3) is 11.8 Å². The third-order valence-corrected chi connectivity index (χ3v) is 6.62. The van der Waals surface area contributed by atoms with Gasteiger partial charge in [0.1, 0.15) is 0 Å². The van der Waals surface area contributed by atoms with Crippen molar-refractivity contribution in [2.45, 2.75) is 32.0 Å². The van der Waals surface area contributed by atoms with E-state index in [0.717, 1.165) is 30.8 Å². The Morgan fingerprint density at radius 2 is 1.88 bits per heavy atom. The Labute approximate surface area is 192 Å². The Hall–Kier alpha value is -3.59. The molecular formula is C24H27N7O2. The largest absolute Gasteiger partial charge is 0.349 e. The lowest BCUT2D eigenvalue weighted by Gasteiger charge is -2.40. The molecule has 2 aliphatic heterocycles. The van der Waals surface area contributed by atoms with Crippen LogP contribution in [-0.2, 0) is 6.54 Å². The van der Waals surface area contributed by atoms with E-state index in [-0.39, 0.29) is 23.9 Å². The molecule has 9 nitrogen and oxygen atoms in total. The number of nitrogens with zero attached hydrogens (tertiary/aromatic N) is 6. The third kappa shape index (κ3) is 4.36. The van der Waals surface area contributed by atoms with E-state index in [4.69, 9.17) is 0 Å². The van der Waals surface area contributed by atoms with E-state index >= 15 is 0 Å². The fourth-order valence-electron chi connectivity index (χ4n) is 4.71. The minimum Gasteiger partial charge on any atom is -0.349 e. The summed E-state index contributed by atoms with van der Waals surface area (Å²) in [6, 6.07) is 13.5. The smallest absolute Gasteiger partial charge is 0.273 e. The van der Waals surface area contributed by atoms with Crippen LogP contribution in [0.4, 0.5) is 0 Å². The molecule has 2 amide bonds. The van der Waals surface area contributed by atoms with Gasteiger partial charge >= 0.3 is 0 Å². The van der Waals surface area contributed by atoms with E-state index in [1.54, 1.807) is 17.1 Å². The molecule has 0 spiro atoms. The molecule has 2 saturated heterocycles. The summed E-state index contributed by atoms with van der Waals surface area (Å²) in [7, 11) is 0. The monoisotopic (exact) mass is 445 g/mol. The topological polar surface area (TPSA) is 96.3 Å². The molecule has 33 heavy (non-hydrogen) atoms. The average Bonchev–Trinajstić information content (AvgIpc) is 3.43. The number of aromatic nitrogens is 4. The predicted octanol–water partition coefficient (Wildman–Crippen LogP) is 1.36. The van der Waals surface area contributed by atoms with Crippen molar-refractivity contribution in [1.82, 2.24) is 35.1 Å². The summed E-state index contributed by atoms with van der Waals surface area (Å²) in [4.78, 5) is 34.3. The summed E-state index contributed by atoms with van der Waals surface area (Å²) in [5, 5.41) is 11.3. The van der Waals surface area contributed by atoms with Crippen LogP contribution in [-0.4, -0.2) is 79.9 Å². The molecule has 4 heterocycles. The molecule has 5 rings (SSSR count). The quantitative estimate of drug-likeness (QED) is 0.616. The molecule has 1 aromatic carbocycles. The first kappa shape index (κ1) is 21.3. The molecule has 3 unspecified atom stereocenters. The van der Waals surface area contributed by atoms with Gasteiger partial charge in [0.05, 0.1) is 12.2 Å². The lowest BCUT2D eigenvalue weighted by atomic mass is 10.1. The number of carbonyl (C=O) groups is 2. The van der Waals surface area contributed by atoms with Crippen molar-refractivity contribution in [3.8, 4) is 0 Å². The van der Waals surface area contributed by atoms with E-state index < -0.39 is 0 Å². The van der Waals surface area contributed by atoms with Crippen LogP contribution in [0, 0.1) is 6.92 Å². The third-order valence-electron chi connectivity index (χ3n) is 6.62. The summed E-state index contributed by atoms with van der Waals surface area (Å²) in [6.07, 6.45) is 4.42. The van der Waals surface area contributed by atoms with Gasteiger partial charge in [-0.1, -0.05) is 23.4 Å². The first-order valence-corrected chi connectivity index (χ1v) is 11.3. The Balaban J connectivity index is 1.23. The number of pyridine rings is 1. The molecular weight excluding hydrogens is 418 g/mol. The first-order chi connectivity index (χ1) is 16.1. The van der Waals surface area contributed by atoms with E-state index in [0.29, 0.717) is 30.9 Å². The summed E-state index contributed by atoms with van der Waals surface area (Å²) in [6.45, 7) is 5.23. The van der Waals surface area contributed by atoms with Crippen molar-refractivity contribution in [2.24, 2.45) is 0 Å². The van der Waals surface area contributed by atoms with Gasteiger partial charge in [0, 0.05) is 56.2 Å². The van der Waals surface area contributed by atoms with Crippen LogP contribution in [0.1, 0.15) is 38.5 Å². The van der Waals surface area contributed by atoms with Crippen molar-refractivity contribution in [2.75, 3.05) is 26.2 Å². The molecule has 2 fully saturated rings. The van der Waals surface area contributed by atoms with Gasteiger partial charge < -0.3 is 10.2 Å². The van der Waals surface area contributed by atoms with Crippen molar-refractivity contribution in [3.63, 3.8) is 0 Å². The maximum atomic E-state index is 13.1. The molecule has 1 N–H and O–H groups in total. The normalized spacial score (nSPS) is 21.7. The first-order valence-electron chi connectivity index (χ1n) is 11.3. The number of nitrogens with one attached hydrogen (secondary N) is 1. The van der Waals surface area contributed by atoms with Crippen LogP contribution >= 0.6 is 0 Å². The van der Waals surface area contributed by atoms with Crippen molar-refractivity contribution >= 4 is 11.8 Å². The van der Waals surface area contributed by atoms with Crippen LogP contribution in [0.25, 0.3) is 0 Å². The molecule has 170 valence electrons. The van der Waals surface area contributed by atoms with Crippen molar-refractivity contribution in [3.05, 3.63) is 77.4 Å². The second-order valence-corrected chi connectivity index (χ2v) is 8.66. The molecule has 3 atom stereocenters. The summed E-state index contributed by atoms with van der Waals surface area (Å²) >= 11 is 0. The maximum absolute atomic E-state index is 13.1. The van der Waals surface area contributed by atoms with Gasteiger partial charge in [-0.3, -0.25) is 19.5 Å². The van der Waals surface area contributed by atoms with Gasteiger partial charge in [0.15, 0.2) is 5.69 Å². The lowest BCUT2D eigenvalue weighted by molar-refractivity contribution is 0.0493. The summed E-state index contributed by atoms with van der Waals surface area (Å²) < 4.78 is 1.72. The minimum absolute atomic E-state index is 0.0633. The van der Waals surface area contributed by atoms with Gasteiger partial charge in [-0.2, -0.15) is 0 Å². The number of carbonyl (C=O) groups excluding carboxylic acids is 2. The highest BCUT2D eigenvalue weighted by molar-refractivity contribution is 5.95. The molecule has 0 saturated carbocycles. The molecule has 3 aromatic rings. The number of fused-ring (bicyclic) bond motifs is 2.